The predicted octanol–water partition coefficient (Wildman–Crippen LogP) is 2.66. The summed E-state index contributed by atoms with van der Waals surface area (Å²) in [7, 11) is 1.98. The van der Waals surface area contributed by atoms with Crippen LogP contribution in [0, 0.1) is 13.8 Å². The van der Waals surface area contributed by atoms with Crippen molar-refractivity contribution in [2.24, 2.45) is 0 Å². The van der Waals surface area contributed by atoms with Crippen molar-refractivity contribution in [3.63, 3.8) is 0 Å². The highest BCUT2D eigenvalue weighted by Gasteiger charge is 2.13. The second-order valence-electron chi connectivity index (χ2n) is 4.15. The van der Waals surface area contributed by atoms with E-state index in [4.69, 9.17) is 0 Å². The van der Waals surface area contributed by atoms with Crippen LogP contribution >= 0.6 is 11.3 Å². The molecule has 2 rings (SSSR count). The van der Waals surface area contributed by atoms with Gasteiger partial charge in [0.05, 0.1) is 5.01 Å². The van der Waals surface area contributed by atoms with Crippen LogP contribution in [0.15, 0.2) is 24.5 Å². The van der Waals surface area contributed by atoms with Gasteiger partial charge < -0.3 is 5.32 Å². The molecule has 0 fully saturated rings. The predicted molar refractivity (Wildman–Crippen MR) is 71.3 cm³/mol. The van der Waals surface area contributed by atoms with E-state index in [2.05, 4.69) is 34.3 Å². The number of pyridine rings is 1. The van der Waals surface area contributed by atoms with Crippen molar-refractivity contribution in [2.75, 3.05) is 7.05 Å². The Morgan fingerprint density at radius 1 is 1.24 bits per heavy atom. The molecule has 0 aliphatic heterocycles. The molecule has 0 aliphatic rings. The molecule has 17 heavy (non-hydrogen) atoms. The molecule has 0 saturated heterocycles. The van der Waals surface area contributed by atoms with E-state index in [1.807, 2.05) is 26.4 Å². The van der Waals surface area contributed by atoms with Gasteiger partial charge in [-0.3, -0.25) is 4.98 Å². The van der Waals surface area contributed by atoms with Crippen molar-refractivity contribution < 1.29 is 0 Å². The first kappa shape index (κ1) is 12.2. The SMILES string of the molecule is CNC(Cc1ccc(C)cn1)c1cnc(C)s1. The van der Waals surface area contributed by atoms with E-state index in [0.29, 0.717) is 6.04 Å². The van der Waals surface area contributed by atoms with Gasteiger partial charge in [-0.25, -0.2) is 4.98 Å². The quantitative estimate of drug-likeness (QED) is 0.902. The molecule has 90 valence electrons. The number of nitrogens with one attached hydrogen (secondary N) is 1. The molecule has 3 nitrogen and oxygen atoms in total. The fourth-order valence-electron chi connectivity index (χ4n) is 1.71. The number of nitrogens with zero attached hydrogens (tertiary/aromatic N) is 2. The van der Waals surface area contributed by atoms with Crippen molar-refractivity contribution in [2.45, 2.75) is 26.3 Å². The fourth-order valence-corrected chi connectivity index (χ4v) is 2.61. The van der Waals surface area contributed by atoms with Gasteiger partial charge in [-0.1, -0.05) is 6.07 Å². The molecule has 1 N–H and O–H groups in total. The van der Waals surface area contributed by atoms with Crippen LogP contribution in [-0.2, 0) is 6.42 Å². The van der Waals surface area contributed by atoms with Crippen LogP contribution in [0.4, 0.5) is 0 Å². The van der Waals surface area contributed by atoms with Gasteiger partial charge in [0.15, 0.2) is 0 Å². The van der Waals surface area contributed by atoms with Crippen LogP contribution in [0.3, 0.4) is 0 Å². The van der Waals surface area contributed by atoms with Gasteiger partial charge in [0.2, 0.25) is 0 Å². The number of rotatable bonds is 4. The summed E-state index contributed by atoms with van der Waals surface area (Å²) >= 11 is 1.74. The van der Waals surface area contributed by atoms with Crippen LogP contribution < -0.4 is 5.32 Å². The van der Waals surface area contributed by atoms with Crippen molar-refractivity contribution in [1.82, 2.24) is 15.3 Å². The Hall–Kier alpha value is -1.26. The normalized spacial score (nSPS) is 12.6. The number of aromatic nitrogens is 2. The number of aryl methyl sites for hydroxylation is 2. The highest BCUT2D eigenvalue weighted by molar-refractivity contribution is 7.11. The highest BCUT2D eigenvalue weighted by atomic mass is 32.1. The van der Waals surface area contributed by atoms with Gasteiger partial charge >= 0.3 is 0 Å². The lowest BCUT2D eigenvalue weighted by atomic mass is 10.1. The first-order chi connectivity index (χ1) is 8.19. The molecule has 0 aliphatic carbocycles. The topological polar surface area (TPSA) is 37.8 Å². The van der Waals surface area contributed by atoms with Gasteiger partial charge in [0.25, 0.3) is 0 Å². The van der Waals surface area contributed by atoms with E-state index < -0.39 is 0 Å². The van der Waals surface area contributed by atoms with Crippen LogP contribution in [0.1, 0.15) is 27.2 Å². The van der Waals surface area contributed by atoms with Gasteiger partial charge in [0.1, 0.15) is 0 Å². The Balaban J connectivity index is 2.12. The Kier molecular flexibility index (Phi) is 3.86. The third kappa shape index (κ3) is 3.11. The zero-order valence-corrected chi connectivity index (χ0v) is 11.2. The third-order valence-electron chi connectivity index (χ3n) is 2.72. The smallest absolute Gasteiger partial charge is 0.0897 e. The number of hydrogen-bond acceptors (Lipinski definition) is 4. The number of likely N-dealkylation sites (N-methyl/N-ethyl adjacent to an activating group) is 1. The molecule has 0 saturated carbocycles. The molecule has 1 atom stereocenters. The Bertz CT molecular complexity index is 476. The highest BCUT2D eigenvalue weighted by Crippen LogP contribution is 2.23. The van der Waals surface area contributed by atoms with Crippen molar-refractivity contribution >= 4 is 11.3 Å². The monoisotopic (exact) mass is 247 g/mol. The first-order valence-corrected chi connectivity index (χ1v) is 6.52. The van der Waals surface area contributed by atoms with Crippen molar-refractivity contribution in [1.29, 1.82) is 0 Å². The van der Waals surface area contributed by atoms with Crippen LogP contribution in [-0.4, -0.2) is 17.0 Å². The molecule has 0 spiro atoms. The largest absolute Gasteiger partial charge is 0.312 e. The summed E-state index contributed by atoms with van der Waals surface area (Å²) in [5, 5.41) is 4.43. The maximum Gasteiger partial charge on any atom is 0.0897 e. The first-order valence-electron chi connectivity index (χ1n) is 5.70. The molecule has 0 bridgehead atoms. The molecular weight excluding hydrogens is 230 g/mol. The maximum atomic E-state index is 4.44. The van der Waals surface area contributed by atoms with Crippen LogP contribution in [0.5, 0.6) is 0 Å². The van der Waals surface area contributed by atoms with E-state index in [1.54, 1.807) is 11.3 Å². The van der Waals surface area contributed by atoms with Gasteiger partial charge in [0, 0.05) is 35.4 Å². The Morgan fingerprint density at radius 2 is 2.06 bits per heavy atom. The van der Waals surface area contributed by atoms with Gasteiger partial charge in [-0.2, -0.15) is 0 Å². The summed E-state index contributed by atoms with van der Waals surface area (Å²) in [6.45, 7) is 4.09. The van der Waals surface area contributed by atoms with Gasteiger partial charge in [-0.15, -0.1) is 11.3 Å². The summed E-state index contributed by atoms with van der Waals surface area (Å²) in [6, 6.07) is 4.50. The Labute approximate surface area is 106 Å². The molecule has 2 aromatic heterocycles. The Morgan fingerprint density at radius 3 is 2.59 bits per heavy atom. The minimum absolute atomic E-state index is 0.302. The lowest BCUT2D eigenvalue weighted by Crippen LogP contribution is -2.18. The standard InChI is InChI=1S/C13H17N3S/c1-9-4-5-11(16-7-9)6-12(14-3)13-8-15-10(2)17-13/h4-5,7-8,12,14H,6H2,1-3H3. The fraction of sp³-hybridized carbons (Fsp3) is 0.385. The van der Waals surface area contributed by atoms with Crippen LogP contribution in [0.25, 0.3) is 0 Å². The van der Waals surface area contributed by atoms with E-state index >= 15 is 0 Å². The second-order valence-corrected chi connectivity index (χ2v) is 5.42. The van der Waals surface area contributed by atoms with Crippen molar-refractivity contribution in [3.05, 3.63) is 45.7 Å². The third-order valence-corrected chi connectivity index (χ3v) is 3.74. The summed E-state index contributed by atoms with van der Waals surface area (Å²) in [5.41, 5.74) is 2.31. The summed E-state index contributed by atoms with van der Waals surface area (Å²) in [4.78, 5) is 10.0. The second kappa shape index (κ2) is 5.38. The van der Waals surface area contributed by atoms with E-state index in [0.717, 1.165) is 17.1 Å². The summed E-state index contributed by atoms with van der Waals surface area (Å²) < 4.78 is 0. The summed E-state index contributed by atoms with van der Waals surface area (Å²) in [5.74, 6) is 0. The van der Waals surface area contributed by atoms with Crippen LogP contribution in [0.2, 0.25) is 0 Å². The van der Waals surface area contributed by atoms with E-state index in [9.17, 15) is 0 Å². The average molecular weight is 247 g/mol. The molecule has 2 aromatic rings. The van der Waals surface area contributed by atoms with E-state index in [-0.39, 0.29) is 0 Å². The zero-order chi connectivity index (χ0) is 12.3. The van der Waals surface area contributed by atoms with E-state index in [1.165, 1.54) is 10.4 Å². The molecule has 0 radical (unpaired) electrons. The molecule has 4 heteroatoms. The molecule has 0 aromatic carbocycles. The molecular formula is C13H17N3S. The number of thiazole rings is 1. The molecule has 0 amide bonds. The molecule has 2 heterocycles. The maximum absolute atomic E-state index is 4.44. The lowest BCUT2D eigenvalue weighted by Gasteiger charge is -2.13. The minimum Gasteiger partial charge on any atom is -0.312 e. The lowest BCUT2D eigenvalue weighted by molar-refractivity contribution is 0.593. The minimum atomic E-state index is 0.302. The van der Waals surface area contributed by atoms with Crippen molar-refractivity contribution in [3.8, 4) is 0 Å². The van der Waals surface area contributed by atoms with Gasteiger partial charge in [-0.05, 0) is 32.5 Å². The zero-order valence-electron chi connectivity index (χ0n) is 10.4. The number of hydrogen-bond donors (Lipinski definition) is 1. The average Bonchev–Trinajstić information content (AvgIpc) is 2.75. The summed E-state index contributed by atoms with van der Waals surface area (Å²) in [6.07, 6.45) is 4.77. The molecule has 1 unspecified atom stereocenters.